The number of ether oxygens (including phenoxy) is 1. The van der Waals surface area contributed by atoms with Gasteiger partial charge in [-0.2, -0.15) is 14.5 Å². The van der Waals surface area contributed by atoms with Crippen LogP contribution in [-0.4, -0.2) is 19.4 Å². The standard InChI is InChI=1S/C19H17Cl2N5O4/c20-14-5-11(26-19(29)25(22)16(27)9-24-26)6-15(21)17(14)30-12-7-13(18(28)23-8-12)10-3-1-2-4-10/h5-10H,1-4,22H2,(H,23,28). The van der Waals surface area contributed by atoms with E-state index in [1.54, 1.807) is 6.07 Å². The van der Waals surface area contributed by atoms with Gasteiger partial charge < -0.3 is 15.6 Å². The molecule has 0 aliphatic heterocycles. The second-order valence-corrected chi connectivity index (χ2v) is 7.80. The fourth-order valence-corrected chi connectivity index (χ4v) is 4.11. The fraction of sp³-hybridized carbons (Fsp3) is 0.263. The van der Waals surface area contributed by atoms with Crippen LogP contribution in [0.3, 0.4) is 0 Å². The van der Waals surface area contributed by atoms with Crippen LogP contribution in [0, 0.1) is 0 Å². The van der Waals surface area contributed by atoms with Gasteiger partial charge >= 0.3 is 5.69 Å². The van der Waals surface area contributed by atoms with Crippen molar-refractivity contribution in [2.24, 2.45) is 0 Å². The molecule has 0 saturated heterocycles. The Kier molecular flexibility index (Phi) is 5.40. The number of nitrogen functional groups attached to an aromatic ring is 1. The van der Waals surface area contributed by atoms with Gasteiger partial charge in [0.25, 0.3) is 11.1 Å². The van der Waals surface area contributed by atoms with Gasteiger partial charge in [0.2, 0.25) is 0 Å². The average molecular weight is 450 g/mol. The maximum absolute atomic E-state index is 12.2. The Morgan fingerprint density at radius 2 is 1.77 bits per heavy atom. The van der Waals surface area contributed by atoms with Gasteiger partial charge in [-0.1, -0.05) is 36.0 Å². The third-order valence-electron chi connectivity index (χ3n) is 5.06. The second-order valence-electron chi connectivity index (χ2n) is 6.99. The van der Waals surface area contributed by atoms with Crippen molar-refractivity contribution >= 4 is 23.2 Å². The first kappa shape index (κ1) is 20.2. The molecule has 11 heteroatoms. The molecule has 0 unspecified atom stereocenters. The van der Waals surface area contributed by atoms with E-state index < -0.39 is 11.2 Å². The molecule has 156 valence electrons. The third-order valence-corrected chi connectivity index (χ3v) is 5.62. The molecule has 0 spiro atoms. The summed E-state index contributed by atoms with van der Waals surface area (Å²) in [6.45, 7) is 0. The van der Waals surface area contributed by atoms with Crippen molar-refractivity contribution < 1.29 is 4.74 Å². The normalized spacial score (nSPS) is 14.2. The predicted molar refractivity (Wildman–Crippen MR) is 113 cm³/mol. The van der Waals surface area contributed by atoms with E-state index in [1.807, 2.05) is 0 Å². The summed E-state index contributed by atoms with van der Waals surface area (Å²) in [7, 11) is 0. The molecule has 1 aromatic carbocycles. The molecule has 1 saturated carbocycles. The Bertz CT molecular complexity index is 1270. The topological polar surface area (TPSA) is 125 Å². The van der Waals surface area contributed by atoms with Crippen molar-refractivity contribution in [3.63, 3.8) is 0 Å². The zero-order valence-electron chi connectivity index (χ0n) is 15.6. The molecule has 3 N–H and O–H groups in total. The summed E-state index contributed by atoms with van der Waals surface area (Å²) in [5.41, 5.74) is -0.858. The monoisotopic (exact) mass is 449 g/mol. The highest BCUT2D eigenvalue weighted by atomic mass is 35.5. The minimum Gasteiger partial charge on any atom is -0.453 e. The Hall–Kier alpha value is -3.04. The van der Waals surface area contributed by atoms with Gasteiger partial charge in [0, 0.05) is 11.8 Å². The van der Waals surface area contributed by atoms with Crippen molar-refractivity contribution in [1.82, 2.24) is 19.4 Å². The summed E-state index contributed by atoms with van der Waals surface area (Å²) in [6, 6.07) is 4.52. The minimum atomic E-state index is -0.856. The number of pyridine rings is 1. The van der Waals surface area contributed by atoms with E-state index in [4.69, 9.17) is 33.8 Å². The molecule has 0 radical (unpaired) electrons. The molecule has 4 rings (SSSR count). The van der Waals surface area contributed by atoms with Gasteiger partial charge in [0.1, 0.15) is 11.9 Å². The number of nitrogens with two attached hydrogens (primary N) is 1. The lowest BCUT2D eigenvalue weighted by atomic mass is 9.99. The molecule has 0 amide bonds. The zero-order valence-corrected chi connectivity index (χ0v) is 17.1. The smallest absolute Gasteiger partial charge is 0.370 e. The van der Waals surface area contributed by atoms with Crippen LogP contribution < -0.4 is 27.4 Å². The molecule has 0 bridgehead atoms. The average Bonchev–Trinajstić information content (AvgIpc) is 3.24. The van der Waals surface area contributed by atoms with Crippen LogP contribution in [-0.2, 0) is 0 Å². The highest BCUT2D eigenvalue weighted by Gasteiger charge is 2.21. The number of halogens is 2. The summed E-state index contributed by atoms with van der Waals surface area (Å²) < 4.78 is 7.15. The summed E-state index contributed by atoms with van der Waals surface area (Å²) in [6.07, 6.45) is 6.47. The Labute approximate surface area is 179 Å². The molecular weight excluding hydrogens is 433 g/mol. The lowest BCUT2D eigenvalue weighted by Crippen LogP contribution is -2.44. The van der Waals surface area contributed by atoms with Gasteiger partial charge in [-0.15, -0.1) is 0 Å². The SMILES string of the molecule is Nn1c(=O)cnn(-c2cc(Cl)c(Oc3c[nH]c(=O)c(C4CCCC4)c3)c(Cl)c2)c1=O. The van der Waals surface area contributed by atoms with Gasteiger partial charge in [-0.3, -0.25) is 9.59 Å². The summed E-state index contributed by atoms with van der Waals surface area (Å²) in [4.78, 5) is 38.5. The maximum Gasteiger partial charge on any atom is 0.370 e. The number of nitrogens with one attached hydrogen (secondary N) is 1. The van der Waals surface area contributed by atoms with Crippen LogP contribution in [0.5, 0.6) is 11.5 Å². The van der Waals surface area contributed by atoms with E-state index in [9.17, 15) is 14.4 Å². The van der Waals surface area contributed by atoms with Crippen LogP contribution in [0.15, 0.2) is 45.0 Å². The van der Waals surface area contributed by atoms with Crippen molar-refractivity contribution in [3.8, 4) is 17.2 Å². The molecule has 1 aliphatic carbocycles. The van der Waals surface area contributed by atoms with Gasteiger partial charge in [-0.05, 0) is 37.0 Å². The van der Waals surface area contributed by atoms with E-state index >= 15 is 0 Å². The first-order chi connectivity index (χ1) is 14.3. The van der Waals surface area contributed by atoms with E-state index in [0.29, 0.717) is 16.0 Å². The number of benzene rings is 1. The number of aromatic amines is 1. The van der Waals surface area contributed by atoms with Gasteiger partial charge in [-0.25, -0.2) is 4.79 Å². The third kappa shape index (κ3) is 3.73. The van der Waals surface area contributed by atoms with Crippen LogP contribution in [0.4, 0.5) is 0 Å². The predicted octanol–water partition coefficient (Wildman–Crippen LogP) is 2.55. The molecule has 30 heavy (non-hydrogen) atoms. The number of H-pyrrole nitrogens is 1. The van der Waals surface area contributed by atoms with Crippen molar-refractivity contribution in [3.05, 3.63) is 77.4 Å². The van der Waals surface area contributed by atoms with Gasteiger partial charge in [0.15, 0.2) is 5.75 Å². The van der Waals surface area contributed by atoms with E-state index in [1.165, 1.54) is 18.3 Å². The molecule has 3 aromatic rings. The molecule has 2 heterocycles. The number of hydrogen-bond donors (Lipinski definition) is 2. The van der Waals surface area contributed by atoms with Crippen molar-refractivity contribution in [1.29, 1.82) is 0 Å². The van der Waals surface area contributed by atoms with E-state index in [2.05, 4.69) is 10.1 Å². The number of hydrogen-bond acceptors (Lipinski definition) is 6. The molecule has 1 fully saturated rings. The molecule has 1 aliphatic rings. The van der Waals surface area contributed by atoms with E-state index in [-0.39, 0.29) is 33.0 Å². The lowest BCUT2D eigenvalue weighted by molar-refractivity contribution is 0.478. The Morgan fingerprint density at radius 3 is 2.43 bits per heavy atom. The van der Waals surface area contributed by atoms with Crippen molar-refractivity contribution in [2.45, 2.75) is 31.6 Å². The van der Waals surface area contributed by atoms with Gasteiger partial charge in [0.05, 0.1) is 15.7 Å². The highest BCUT2D eigenvalue weighted by molar-refractivity contribution is 6.37. The lowest BCUT2D eigenvalue weighted by Gasteiger charge is -2.14. The molecule has 9 nitrogen and oxygen atoms in total. The van der Waals surface area contributed by atoms with Crippen LogP contribution >= 0.6 is 23.2 Å². The second kappa shape index (κ2) is 8.00. The summed E-state index contributed by atoms with van der Waals surface area (Å²) in [5, 5.41) is 3.98. The Morgan fingerprint density at radius 1 is 1.10 bits per heavy atom. The first-order valence-corrected chi connectivity index (χ1v) is 9.97. The number of nitrogens with zero attached hydrogens (tertiary/aromatic N) is 3. The van der Waals surface area contributed by atoms with E-state index in [0.717, 1.165) is 36.6 Å². The van der Waals surface area contributed by atoms with Crippen LogP contribution in [0.2, 0.25) is 10.0 Å². The Balaban J connectivity index is 1.69. The molecule has 2 aromatic heterocycles. The fourth-order valence-electron chi connectivity index (χ4n) is 3.56. The summed E-state index contributed by atoms with van der Waals surface area (Å²) in [5.74, 6) is 6.16. The quantitative estimate of drug-likeness (QED) is 0.589. The molecular formula is C19H17Cl2N5O4. The minimum absolute atomic E-state index is 0.106. The summed E-state index contributed by atoms with van der Waals surface area (Å²) >= 11 is 12.7. The first-order valence-electron chi connectivity index (χ1n) is 9.21. The van der Waals surface area contributed by atoms with Crippen LogP contribution in [0.1, 0.15) is 37.2 Å². The molecule has 0 atom stereocenters. The van der Waals surface area contributed by atoms with Crippen LogP contribution in [0.25, 0.3) is 5.69 Å². The maximum atomic E-state index is 12.2. The number of aromatic nitrogens is 4. The zero-order chi connectivity index (χ0) is 21.4. The van der Waals surface area contributed by atoms with Crippen molar-refractivity contribution in [2.75, 3.05) is 5.84 Å². The largest absolute Gasteiger partial charge is 0.453 e. The number of rotatable bonds is 4. The highest BCUT2D eigenvalue weighted by Crippen LogP contribution is 2.39.